The summed E-state index contributed by atoms with van der Waals surface area (Å²) < 4.78 is 2.85. The second-order valence-electron chi connectivity index (χ2n) is 7.69. The quantitative estimate of drug-likeness (QED) is 0.482. The molecule has 0 aliphatic carbocycles. The van der Waals surface area contributed by atoms with Crippen LogP contribution in [0.1, 0.15) is 22.5 Å². The van der Waals surface area contributed by atoms with Crippen LogP contribution < -0.4 is 5.56 Å². The van der Waals surface area contributed by atoms with Crippen molar-refractivity contribution < 1.29 is 4.79 Å². The van der Waals surface area contributed by atoms with Crippen LogP contribution >= 0.6 is 11.6 Å². The molecule has 0 saturated carbocycles. The molecule has 0 unspecified atom stereocenters. The van der Waals surface area contributed by atoms with Crippen LogP contribution in [0.4, 0.5) is 0 Å². The van der Waals surface area contributed by atoms with Crippen molar-refractivity contribution in [1.82, 2.24) is 24.2 Å². The molecular formula is C24H20ClN5O2. The Bertz CT molecular complexity index is 1400. The largest absolute Gasteiger partial charge is 0.333 e. The highest BCUT2D eigenvalue weighted by Crippen LogP contribution is 2.25. The van der Waals surface area contributed by atoms with E-state index < -0.39 is 0 Å². The summed E-state index contributed by atoms with van der Waals surface area (Å²) in [6.45, 7) is 1.04. The topological polar surface area (TPSA) is 73.0 Å². The molecule has 2 aromatic heterocycles. The van der Waals surface area contributed by atoms with E-state index in [4.69, 9.17) is 11.6 Å². The molecule has 7 nitrogen and oxygen atoms in total. The summed E-state index contributed by atoms with van der Waals surface area (Å²) in [6, 6.07) is 17.1. The molecule has 0 bridgehead atoms. The molecule has 1 amide bonds. The van der Waals surface area contributed by atoms with Crippen molar-refractivity contribution in [3.05, 3.63) is 93.6 Å². The number of amides is 1. The molecule has 8 heteroatoms. The Hall–Kier alpha value is -3.71. The minimum absolute atomic E-state index is 0.171. The third-order valence-electron chi connectivity index (χ3n) is 5.66. The number of fused-ring (bicyclic) bond motifs is 1. The van der Waals surface area contributed by atoms with Gasteiger partial charge >= 0.3 is 0 Å². The van der Waals surface area contributed by atoms with E-state index in [9.17, 15) is 9.59 Å². The second kappa shape index (κ2) is 8.09. The van der Waals surface area contributed by atoms with Gasteiger partial charge in [0.15, 0.2) is 11.2 Å². The third-order valence-corrected chi connectivity index (χ3v) is 5.91. The van der Waals surface area contributed by atoms with Gasteiger partial charge in [-0.3, -0.25) is 9.59 Å². The van der Waals surface area contributed by atoms with E-state index in [1.54, 1.807) is 36.2 Å². The molecule has 1 aliphatic rings. The fourth-order valence-electron chi connectivity index (χ4n) is 3.92. The van der Waals surface area contributed by atoms with Gasteiger partial charge < -0.3 is 9.47 Å². The van der Waals surface area contributed by atoms with Gasteiger partial charge in [-0.2, -0.15) is 5.10 Å². The molecular weight excluding hydrogens is 426 g/mol. The number of carbonyl (C=O) groups excluding carboxylic acids is 1. The SMILES string of the molecule is Cn1cnc2c(C(=O)N3CC=C(c4ccccc4)CC3)nn(-c3ccc(Cl)cc3)c2c1=O. The monoisotopic (exact) mass is 445 g/mol. The molecule has 3 heterocycles. The summed E-state index contributed by atoms with van der Waals surface area (Å²) >= 11 is 6.01. The smallest absolute Gasteiger partial charge is 0.279 e. The number of nitrogens with zero attached hydrogens (tertiary/aromatic N) is 5. The molecule has 0 atom stereocenters. The number of rotatable bonds is 3. The van der Waals surface area contributed by atoms with Crippen LogP contribution in [-0.2, 0) is 7.05 Å². The number of hydrogen-bond acceptors (Lipinski definition) is 4. The molecule has 160 valence electrons. The van der Waals surface area contributed by atoms with Gasteiger partial charge in [0.25, 0.3) is 11.5 Å². The van der Waals surface area contributed by atoms with E-state index in [-0.39, 0.29) is 22.7 Å². The van der Waals surface area contributed by atoms with Crippen LogP contribution in [0.5, 0.6) is 0 Å². The first-order valence-corrected chi connectivity index (χ1v) is 10.6. The van der Waals surface area contributed by atoms with Gasteiger partial charge in [-0.05, 0) is 41.8 Å². The average molecular weight is 446 g/mol. The first kappa shape index (κ1) is 20.2. The van der Waals surface area contributed by atoms with Crippen molar-refractivity contribution >= 4 is 34.1 Å². The second-order valence-corrected chi connectivity index (χ2v) is 8.13. The lowest BCUT2D eigenvalue weighted by atomic mass is 9.99. The normalized spacial score (nSPS) is 13.9. The minimum Gasteiger partial charge on any atom is -0.333 e. The Morgan fingerprint density at radius 1 is 1.06 bits per heavy atom. The summed E-state index contributed by atoms with van der Waals surface area (Å²) in [5.74, 6) is -0.244. The standard InChI is InChI=1S/C24H20ClN5O2/c1-28-15-26-20-21(27-30(22(20)24(28)32)19-9-7-18(25)8-10-19)23(31)29-13-11-17(12-14-29)16-5-3-2-4-6-16/h2-11,15H,12-14H2,1H3. The highest BCUT2D eigenvalue weighted by molar-refractivity contribution is 6.30. The zero-order valence-electron chi connectivity index (χ0n) is 17.4. The summed E-state index contributed by atoms with van der Waals surface area (Å²) in [7, 11) is 1.62. The van der Waals surface area contributed by atoms with Gasteiger partial charge in [-0.25, -0.2) is 9.67 Å². The summed E-state index contributed by atoms with van der Waals surface area (Å²) in [4.78, 5) is 32.4. The molecule has 0 radical (unpaired) electrons. The Morgan fingerprint density at radius 3 is 2.50 bits per heavy atom. The molecule has 4 aromatic rings. The number of hydrogen-bond donors (Lipinski definition) is 0. The maximum Gasteiger partial charge on any atom is 0.279 e. The number of halogens is 1. The van der Waals surface area contributed by atoms with Gasteiger partial charge in [0.2, 0.25) is 0 Å². The maximum absolute atomic E-state index is 13.4. The van der Waals surface area contributed by atoms with Crippen molar-refractivity contribution in [2.24, 2.45) is 7.05 Å². The van der Waals surface area contributed by atoms with Crippen LogP contribution in [0.25, 0.3) is 22.3 Å². The fourth-order valence-corrected chi connectivity index (χ4v) is 4.04. The highest BCUT2D eigenvalue weighted by Gasteiger charge is 2.27. The zero-order chi connectivity index (χ0) is 22.2. The van der Waals surface area contributed by atoms with Crippen molar-refractivity contribution in [2.75, 3.05) is 13.1 Å². The van der Waals surface area contributed by atoms with Crippen LogP contribution in [-0.4, -0.2) is 43.2 Å². The zero-order valence-corrected chi connectivity index (χ0v) is 18.2. The van der Waals surface area contributed by atoms with E-state index >= 15 is 0 Å². The summed E-state index contributed by atoms with van der Waals surface area (Å²) in [6.07, 6.45) is 4.24. The van der Waals surface area contributed by atoms with Crippen LogP contribution in [0, 0.1) is 0 Å². The Kier molecular flexibility index (Phi) is 5.11. The average Bonchev–Trinajstić information content (AvgIpc) is 3.22. The first-order valence-electron chi connectivity index (χ1n) is 10.3. The molecule has 1 aliphatic heterocycles. The van der Waals surface area contributed by atoms with Gasteiger partial charge in [-0.15, -0.1) is 0 Å². The van der Waals surface area contributed by atoms with Crippen molar-refractivity contribution in [3.8, 4) is 5.69 Å². The molecule has 32 heavy (non-hydrogen) atoms. The van der Waals surface area contributed by atoms with Gasteiger partial charge in [0.1, 0.15) is 5.52 Å². The molecule has 0 N–H and O–H groups in total. The lowest BCUT2D eigenvalue weighted by molar-refractivity contribution is 0.0768. The number of carbonyl (C=O) groups is 1. The van der Waals surface area contributed by atoms with Gasteiger partial charge in [-0.1, -0.05) is 48.0 Å². The summed E-state index contributed by atoms with van der Waals surface area (Å²) in [5, 5.41) is 5.10. The van der Waals surface area contributed by atoms with Crippen LogP contribution in [0.3, 0.4) is 0 Å². The Labute approximate surface area is 189 Å². The molecule has 5 rings (SSSR count). The number of benzene rings is 2. The van der Waals surface area contributed by atoms with Crippen molar-refractivity contribution in [3.63, 3.8) is 0 Å². The van der Waals surface area contributed by atoms with Crippen molar-refractivity contribution in [1.29, 1.82) is 0 Å². The lowest BCUT2D eigenvalue weighted by Crippen LogP contribution is -2.35. The fraction of sp³-hybridized carbons (Fsp3) is 0.167. The predicted molar refractivity (Wildman–Crippen MR) is 124 cm³/mol. The van der Waals surface area contributed by atoms with Gasteiger partial charge in [0, 0.05) is 25.2 Å². The highest BCUT2D eigenvalue weighted by atomic mass is 35.5. The van der Waals surface area contributed by atoms with E-state index in [0.29, 0.717) is 29.3 Å². The van der Waals surface area contributed by atoms with Crippen molar-refractivity contribution in [2.45, 2.75) is 6.42 Å². The Morgan fingerprint density at radius 2 is 1.81 bits per heavy atom. The van der Waals surface area contributed by atoms with E-state index in [2.05, 4.69) is 28.3 Å². The van der Waals surface area contributed by atoms with Crippen LogP contribution in [0.2, 0.25) is 5.02 Å². The molecule has 0 spiro atoms. The first-order chi connectivity index (χ1) is 15.5. The Balaban J connectivity index is 1.54. The number of aromatic nitrogens is 4. The van der Waals surface area contributed by atoms with E-state index in [1.807, 2.05) is 18.2 Å². The minimum atomic E-state index is -0.276. The van der Waals surface area contributed by atoms with E-state index in [0.717, 1.165) is 6.42 Å². The number of aryl methyl sites for hydroxylation is 1. The lowest BCUT2D eigenvalue weighted by Gasteiger charge is -2.26. The van der Waals surface area contributed by atoms with E-state index in [1.165, 1.54) is 26.7 Å². The predicted octanol–water partition coefficient (Wildman–Crippen LogP) is 3.70. The molecule has 0 saturated heterocycles. The molecule has 0 fully saturated rings. The third kappa shape index (κ3) is 3.50. The maximum atomic E-state index is 13.4. The summed E-state index contributed by atoms with van der Waals surface area (Å²) in [5.41, 5.74) is 3.48. The molecule has 2 aromatic carbocycles. The van der Waals surface area contributed by atoms with Gasteiger partial charge in [0.05, 0.1) is 12.0 Å². The van der Waals surface area contributed by atoms with Crippen LogP contribution in [0.15, 0.2) is 71.8 Å².